The fraction of sp³-hybridized carbons (Fsp3) is 0.188. The Morgan fingerprint density at radius 2 is 1.83 bits per heavy atom. The monoisotopic (exact) mass is 358 g/mol. The van der Waals surface area contributed by atoms with Gasteiger partial charge < -0.3 is 14.9 Å². The van der Waals surface area contributed by atoms with Gasteiger partial charge in [0.1, 0.15) is 17.1 Å². The summed E-state index contributed by atoms with van der Waals surface area (Å²) in [4.78, 5) is 11.8. The third-order valence-corrected chi connectivity index (χ3v) is 4.26. The minimum Gasteiger partial charge on any atom is -0.507 e. The number of carbonyl (C=O) groups is 1. The maximum atomic E-state index is 12.5. The number of halogens is 3. The zero-order chi connectivity index (χ0) is 17.9. The molecule has 0 spiro atoms. The third kappa shape index (κ3) is 4.14. The maximum absolute atomic E-state index is 12.5. The summed E-state index contributed by atoms with van der Waals surface area (Å²) in [5, 5.41) is 19.0. The number of hydrogen-bond acceptors (Lipinski definition) is 4. The molecule has 0 atom stereocenters. The number of rotatable bonds is 5. The highest BCUT2D eigenvalue weighted by atomic mass is 32.2. The van der Waals surface area contributed by atoms with Crippen LogP contribution in [0.5, 0.6) is 11.5 Å². The lowest BCUT2D eigenvalue weighted by Gasteiger charge is -2.11. The van der Waals surface area contributed by atoms with Crippen LogP contribution in [0.25, 0.3) is 0 Å². The van der Waals surface area contributed by atoms with Crippen LogP contribution in [-0.4, -0.2) is 23.3 Å². The quantitative estimate of drug-likeness (QED) is 0.775. The Kier molecular flexibility index (Phi) is 5.28. The number of phenols is 1. The summed E-state index contributed by atoms with van der Waals surface area (Å²) in [6, 6.07) is 7.21. The molecule has 2 aromatic rings. The van der Waals surface area contributed by atoms with Crippen molar-refractivity contribution in [3.63, 3.8) is 0 Å². The SMILES string of the molecule is COc1cc(O)c(C(=O)O)c(CSc2ccc(C(F)(F)F)cc2)c1. The molecule has 0 unspecified atom stereocenters. The summed E-state index contributed by atoms with van der Waals surface area (Å²) in [6.45, 7) is 0. The van der Waals surface area contributed by atoms with Gasteiger partial charge in [-0.1, -0.05) is 0 Å². The van der Waals surface area contributed by atoms with Gasteiger partial charge in [-0.2, -0.15) is 13.2 Å². The Bertz CT molecular complexity index is 742. The van der Waals surface area contributed by atoms with Crippen LogP contribution in [0, 0.1) is 0 Å². The van der Waals surface area contributed by atoms with Crippen molar-refractivity contribution < 1.29 is 32.9 Å². The fourth-order valence-electron chi connectivity index (χ4n) is 2.04. The molecule has 0 saturated carbocycles. The van der Waals surface area contributed by atoms with E-state index in [0.29, 0.717) is 16.2 Å². The summed E-state index contributed by atoms with van der Waals surface area (Å²) >= 11 is 1.15. The van der Waals surface area contributed by atoms with Crippen LogP contribution < -0.4 is 4.74 Å². The minimum atomic E-state index is -4.40. The first-order valence-electron chi connectivity index (χ1n) is 6.65. The molecule has 0 bridgehead atoms. The Balaban J connectivity index is 2.22. The molecule has 2 aromatic carbocycles. The molecule has 0 aliphatic heterocycles. The average Bonchev–Trinajstić information content (AvgIpc) is 2.51. The highest BCUT2D eigenvalue weighted by molar-refractivity contribution is 7.98. The van der Waals surface area contributed by atoms with Gasteiger partial charge in [-0.05, 0) is 35.9 Å². The normalized spacial score (nSPS) is 11.3. The molecule has 0 heterocycles. The second kappa shape index (κ2) is 7.04. The number of aromatic carboxylic acids is 1. The number of carboxylic acids is 1. The first-order valence-corrected chi connectivity index (χ1v) is 7.64. The van der Waals surface area contributed by atoms with Gasteiger partial charge in [-0.15, -0.1) is 11.8 Å². The molecular formula is C16H13F3O4S. The molecular weight excluding hydrogens is 345 g/mol. The van der Waals surface area contributed by atoms with Gasteiger partial charge in [0, 0.05) is 16.7 Å². The molecule has 24 heavy (non-hydrogen) atoms. The van der Waals surface area contributed by atoms with E-state index in [-0.39, 0.29) is 11.3 Å². The number of methoxy groups -OCH3 is 1. The highest BCUT2D eigenvalue weighted by Gasteiger charge is 2.30. The van der Waals surface area contributed by atoms with E-state index in [1.807, 2.05) is 0 Å². The van der Waals surface area contributed by atoms with Crippen LogP contribution in [-0.2, 0) is 11.9 Å². The fourth-order valence-corrected chi connectivity index (χ4v) is 2.92. The number of alkyl halides is 3. The first kappa shape index (κ1) is 18.0. The van der Waals surface area contributed by atoms with Crippen molar-refractivity contribution >= 4 is 17.7 Å². The molecule has 0 fully saturated rings. The molecule has 2 rings (SSSR count). The maximum Gasteiger partial charge on any atom is 0.416 e. The van der Waals surface area contributed by atoms with E-state index in [0.717, 1.165) is 23.9 Å². The molecule has 2 N–H and O–H groups in total. The molecule has 0 aromatic heterocycles. The zero-order valence-electron chi connectivity index (χ0n) is 12.4. The topological polar surface area (TPSA) is 66.8 Å². The van der Waals surface area contributed by atoms with Crippen LogP contribution in [0.4, 0.5) is 13.2 Å². The summed E-state index contributed by atoms with van der Waals surface area (Å²) in [5.41, 5.74) is -0.698. The largest absolute Gasteiger partial charge is 0.507 e. The molecule has 0 radical (unpaired) electrons. The average molecular weight is 358 g/mol. The second-order valence-corrected chi connectivity index (χ2v) is 5.85. The predicted octanol–water partition coefficient (Wildman–Crippen LogP) is 4.41. The van der Waals surface area contributed by atoms with E-state index < -0.39 is 23.5 Å². The van der Waals surface area contributed by atoms with E-state index in [4.69, 9.17) is 4.74 Å². The zero-order valence-corrected chi connectivity index (χ0v) is 13.2. The van der Waals surface area contributed by atoms with Crippen molar-refractivity contribution in [2.75, 3.05) is 7.11 Å². The Morgan fingerprint density at radius 1 is 1.21 bits per heavy atom. The van der Waals surface area contributed by atoms with Crippen LogP contribution in [0.3, 0.4) is 0 Å². The van der Waals surface area contributed by atoms with E-state index >= 15 is 0 Å². The number of aromatic hydroxyl groups is 1. The van der Waals surface area contributed by atoms with Crippen molar-refractivity contribution in [1.29, 1.82) is 0 Å². The van der Waals surface area contributed by atoms with Crippen LogP contribution in [0.15, 0.2) is 41.3 Å². The second-order valence-electron chi connectivity index (χ2n) is 4.80. The molecule has 0 aliphatic rings. The van der Waals surface area contributed by atoms with Crippen molar-refractivity contribution in [3.05, 3.63) is 53.1 Å². The van der Waals surface area contributed by atoms with Crippen molar-refractivity contribution in [1.82, 2.24) is 0 Å². The summed E-state index contributed by atoms with van der Waals surface area (Å²) in [6.07, 6.45) is -4.40. The van der Waals surface area contributed by atoms with Crippen LogP contribution in [0.1, 0.15) is 21.5 Å². The summed E-state index contributed by atoms with van der Waals surface area (Å²) < 4.78 is 42.6. The molecule has 0 amide bonds. The van der Waals surface area contributed by atoms with E-state index in [1.165, 1.54) is 31.4 Å². The standard InChI is InChI=1S/C16H13F3O4S/c1-23-11-6-9(14(15(21)22)13(20)7-11)8-24-12-4-2-10(3-5-12)16(17,18)19/h2-7,20H,8H2,1H3,(H,21,22). The highest BCUT2D eigenvalue weighted by Crippen LogP contribution is 2.34. The lowest BCUT2D eigenvalue weighted by molar-refractivity contribution is -0.137. The van der Waals surface area contributed by atoms with Crippen molar-refractivity contribution in [2.24, 2.45) is 0 Å². The van der Waals surface area contributed by atoms with Gasteiger partial charge in [-0.25, -0.2) is 4.79 Å². The third-order valence-electron chi connectivity index (χ3n) is 3.20. The number of benzene rings is 2. The minimum absolute atomic E-state index is 0.151. The Morgan fingerprint density at radius 3 is 2.33 bits per heavy atom. The lowest BCUT2D eigenvalue weighted by atomic mass is 10.1. The van der Waals surface area contributed by atoms with E-state index in [2.05, 4.69) is 0 Å². The predicted molar refractivity (Wildman–Crippen MR) is 82.6 cm³/mol. The Labute approximate surface area is 139 Å². The van der Waals surface area contributed by atoms with Gasteiger partial charge >= 0.3 is 12.1 Å². The lowest BCUT2D eigenvalue weighted by Crippen LogP contribution is -2.04. The van der Waals surface area contributed by atoms with Gasteiger partial charge in [0.15, 0.2) is 0 Å². The van der Waals surface area contributed by atoms with E-state index in [9.17, 15) is 28.2 Å². The summed E-state index contributed by atoms with van der Waals surface area (Å²) in [7, 11) is 1.38. The van der Waals surface area contributed by atoms with Crippen LogP contribution >= 0.6 is 11.8 Å². The van der Waals surface area contributed by atoms with Gasteiger partial charge in [-0.3, -0.25) is 0 Å². The number of hydrogen-bond donors (Lipinski definition) is 2. The van der Waals surface area contributed by atoms with E-state index in [1.54, 1.807) is 0 Å². The molecule has 0 aliphatic carbocycles. The number of ether oxygens (including phenoxy) is 1. The summed E-state index contributed by atoms with van der Waals surface area (Å²) in [5.74, 6) is -1.28. The van der Waals surface area contributed by atoms with Crippen molar-refractivity contribution in [3.8, 4) is 11.5 Å². The molecule has 4 nitrogen and oxygen atoms in total. The van der Waals surface area contributed by atoms with Crippen molar-refractivity contribution in [2.45, 2.75) is 16.8 Å². The van der Waals surface area contributed by atoms with Crippen LogP contribution in [0.2, 0.25) is 0 Å². The molecule has 0 saturated heterocycles. The van der Waals surface area contributed by atoms with Gasteiger partial charge in [0.2, 0.25) is 0 Å². The number of carboxylic acid groups (broad SMARTS) is 1. The Hall–Kier alpha value is -2.35. The van der Waals surface area contributed by atoms with Gasteiger partial charge in [0.05, 0.1) is 12.7 Å². The first-order chi connectivity index (χ1) is 11.2. The smallest absolute Gasteiger partial charge is 0.416 e. The molecule has 128 valence electrons. The van der Waals surface area contributed by atoms with Gasteiger partial charge in [0.25, 0.3) is 0 Å². The molecule has 8 heteroatoms. The number of thioether (sulfide) groups is 1.